The van der Waals surface area contributed by atoms with E-state index >= 15 is 0 Å². The molecule has 96 valence electrons. The van der Waals surface area contributed by atoms with Gasteiger partial charge in [-0.2, -0.15) is 0 Å². The Kier molecular flexibility index (Phi) is 4.06. The second kappa shape index (κ2) is 5.13. The molecule has 2 aliphatic rings. The van der Waals surface area contributed by atoms with Crippen molar-refractivity contribution in [1.82, 2.24) is 10.6 Å². The van der Waals surface area contributed by atoms with Crippen molar-refractivity contribution >= 4 is 17.8 Å². The zero-order chi connectivity index (χ0) is 13.2. The predicted molar refractivity (Wildman–Crippen MR) is 56.8 cm³/mol. The van der Waals surface area contributed by atoms with Gasteiger partial charge < -0.3 is 20.5 Å². The quantitative estimate of drug-likeness (QED) is 0.377. The lowest BCUT2D eigenvalue weighted by Gasteiger charge is -2.32. The summed E-state index contributed by atoms with van der Waals surface area (Å²) < 4.78 is 4.66. The van der Waals surface area contributed by atoms with Gasteiger partial charge in [0.05, 0.1) is 12.1 Å². The molecule has 0 bridgehead atoms. The van der Waals surface area contributed by atoms with Gasteiger partial charge in [-0.1, -0.05) is 0 Å². The lowest BCUT2D eigenvalue weighted by atomic mass is 10.1. The molecule has 0 radical (unpaired) electrons. The molecule has 0 spiro atoms. The maximum absolute atomic E-state index is 10.6. The van der Waals surface area contributed by atoms with E-state index in [0.717, 1.165) is 0 Å². The molecule has 2 rings (SSSR count). The molecule has 2 saturated heterocycles. The third-order valence-electron chi connectivity index (χ3n) is 2.49. The van der Waals surface area contributed by atoms with Gasteiger partial charge in [0.25, 0.3) is 11.8 Å². The molecule has 0 saturated carbocycles. The molecule has 2 fully saturated rings. The molecule has 7 heteroatoms. The number of β-lactam (4-membered cyclic amide) rings is 2. The third-order valence-corrected chi connectivity index (χ3v) is 2.49. The largest absolute Gasteiger partial charge is 0.450 e. The van der Waals surface area contributed by atoms with Gasteiger partial charge in [-0.3, -0.25) is 14.4 Å². The van der Waals surface area contributed by atoms with Crippen LogP contribution in [0.3, 0.4) is 0 Å². The van der Waals surface area contributed by atoms with Crippen molar-refractivity contribution in [2.24, 2.45) is 0 Å². The van der Waals surface area contributed by atoms with E-state index in [1.807, 2.05) is 0 Å². The van der Waals surface area contributed by atoms with E-state index in [1.54, 1.807) is 13.8 Å². The molecular weight excluding hydrogens is 228 g/mol. The summed E-state index contributed by atoms with van der Waals surface area (Å²) in [5.41, 5.74) is 0. The van der Waals surface area contributed by atoms with Crippen LogP contribution in [0.25, 0.3) is 0 Å². The lowest BCUT2D eigenvalue weighted by molar-refractivity contribution is -0.163. The van der Waals surface area contributed by atoms with Crippen LogP contribution in [0.4, 0.5) is 0 Å². The van der Waals surface area contributed by atoms with Crippen LogP contribution < -0.4 is 10.6 Å². The van der Waals surface area contributed by atoms with E-state index in [2.05, 4.69) is 15.4 Å². The molecule has 2 aliphatic heterocycles. The maximum atomic E-state index is 10.6. The van der Waals surface area contributed by atoms with Crippen molar-refractivity contribution in [2.75, 3.05) is 0 Å². The van der Waals surface area contributed by atoms with Crippen molar-refractivity contribution in [1.29, 1.82) is 0 Å². The van der Waals surface area contributed by atoms with Crippen LogP contribution in [0.15, 0.2) is 0 Å². The maximum Gasteiger partial charge on any atom is 0.303 e. The molecule has 0 aromatic rings. The Morgan fingerprint density at radius 3 is 1.82 bits per heavy atom. The summed E-state index contributed by atoms with van der Waals surface area (Å²) in [7, 11) is 0. The van der Waals surface area contributed by atoms with Gasteiger partial charge in [0, 0.05) is 6.92 Å². The van der Waals surface area contributed by atoms with E-state index in [4.69, 9.17) is 5.11 Å². The van der Waals surface area contributed by atoms with Crippen LogP contribution in [0.2, 0.25) is 0 Å². The fourth-order valence-corrected chi connectivity index (χ4v) is 1.37. The molecule has 0 unspecified atom stereocenters. The minimum Gasteiger partial charge on any atom is -0.450 e. The minimum atomic E-state index is -0.750. The minimum absolute atomic E-state index is 0.0311. The number of aliphatic hydroxyl groups excluding tert-OH is 1. The predicted octanol–water partition coefficient (Wildman–Crippen LogP) is -1.70. The molecule has 0 aromatic carbocycles. The summed E-state index contributed by atoms with van der Waals surface area (Å²) in [5, 5.41) is 13.6. The van der Waals surface area contributed by atoms with E-state index in [0.29, 0.717) is 0 Å². The molecule has 3 N–H and O–H groups in total. The van der Waals surface area contributed by atoms with Crippen LogP contribution in [0.1, 0.15) is 20.8 Å². The molecule has 2 heterocycles. The van der Waals surface area contributed by atoms with Crippen molar-refractivity contribution in [2.45, 2.75) is 45.1 Å². The molecule has 17 heavy (non-hydrogen) atoms. The van der Waals surface area contributed by atoms with E-state index in [-0.39, 0.29) is 23.9 Å². The number of rotatable bonds is 1. The zero-order valence-corrected chi connectivity index (χ0v) is 9.89. The summed E-state index contributed by atoms with van der Waals surface area (Å²) in [6.45, 7) is 4.83. The third kappa shape index (κ3) is 3.16. The number of nitrogens with one attached hydrogen (secondary N) is 2. The smallest absolute Gasteiger partial charge is 0.303 e. The summed E-state index contributed by atoms with van der Waals surface area (Å²) in [6.07, 6.45) is -1.31. The van der Waals surface area contributed by atoms with E-state index in [9.17, 15) is 14.4 Å². The fourth-order valence-electron chi connectivity index (χ4n) is 1.37. The monoisotopic (exact) mass is 244 g/mol. The Hall–Kier alpha value is -1.63. The summed E-state index contributed by atoms with van der Waals surface area (Å²) in [5.74, 6) is -0.873. The van der Waals surface area contributed by atoms with Gasteiger partial charge in [0.1, 0.15) is 0 Å². The van der Waals surface area contributed by atoms with Crippen molar-refractivity contribution in [3.8, 4) is 0 Å². The molecule has 0 aliphatic carbocycles. The Labute approximate surface area is 98.5 Å². The number of carbonyl (C=O) groups excluding carboxylic acids is 3. The van der Waals surface area contributed by atoms with Gasteiger partial charge in [0.15, 0.2) is 12.2 Å². The number of esters is 1. The van der Waals surface area contributed by atoms with Crippen LogP contribution >= 0.6 is 0 Å². The van der Waals surface area contributed by atoms with Crippen molar-refractivity contribution < 1.29 is 24.2 Å². The van der Waals surface area contributed by atoms with Gasteiger partial charge >= 0.3 is 5.97 Å². The highest BCUT2D eigenvalue weighted by Gasteiger charge is 2.38. The van der Waals surface area contributed by atoms with Crippen molar-refractivity contribution in [3.05, 3.63) is 0 Å². The first kappa shape index (κ1) is 13.4. The van der Waals surface area contributed by atoms with Crippen LogP contribution in [0, 0.1) is 0 Å². The van der Waals surface area contributed by atoms with E-state index < -0.39 is 18.2 Å². The van der Waals surface area contributed by atoms with Crippen LogP contribution in [-0.4, -0.2) is 47.2 Å². The SMILES string of the molecule is CC(=O)O[C@H]1C(=O)N[C@H]1C.C[C@H]1NC(=O)[C@H]1O. The topological polar surface area (TPSA) is 105 Å². The standard InChI is InChI=1S/C6H9NO3.C4H7NO2/c1-3-5(6(9)7-3)10-4(2)8;1-2-3(6)4(7)5-2/h3,5H,1-2H3,(H,7,9);2-3,6H,1H3,(H,5,7)/t3-,5+;2-,3+/m01/s1. The summed E-state index contributed by atoms with van der Waals surface area (Å²) in [4.78, 5) is 31.0. The van der Waals surface area contributed by atoms with Crippen LogP contribution in [0.5, 0.6) is 0 Å². The van der Waals surface area contributed by atoms with Gasteiger partial charge in [0.2, 0.25) is 0 Å². The first-order valence-corrected chi connectivity index (χ1v) is 5.29. The number of carbonyl (C=O) groups is 3. The number of hydrogen-bond donors (Lipinski definition) is 3. The zero-order valence-electron chi connectivity index (χ0n) is 9.89. The Morgan fingerprint density at radius 1 is 1.18 bits per heavy atom. The Bertz CT molecular complexity index is 344. The average Bonchev–Trinajstić information content (AvgIpc) is 2.27. The highest BCUT2D eigenvalue weighted by molar-refractivity contribution is 5.90. The second-order valence-electron chi connectivity index (χ2n) is 4.07. The van der Waals surface area contributed by atoms with E-state index in [1.165, 1.54) is 6.92 Å². The van der Waals surface area contributed by atoms with Crippen molar-refractivity contribution in [3.63, 3.8) is 0 Å². The normalized spacial score (nSPS) is 34.1. The first-order chi connectivity index (χ1) is 7.82. The molecule has 0 aromatic heterocycles. The first-order valence-electron chi connectivity index (χ1n) is 5.29. The average molecular weight is 244 g/mol. The highest BCUT2D eigenvalue weighted by Crippen LogP contribution is 2.09. The number of aliphatic hydroxyl groups is 1. The fraction of sp³-hybridized carbons (Fsp3) is 0.700. The molecule has 2 amide bonds. The second-order valence-corrected chi connectivity index (χ2v) is 4.07. The lowest BCUT2D eigenvalue weighted by Crippen LogP contribution is -2.62. The Balaban J connectivity index is 0.000000181. The number of hydrogen-bond acceptors (Lipinski definition) is 5. The van der Waals surface area contributed by atoms with Gasteiger partial charge in [-0.05, 0) is 13.8 Å². The van der Waals surface area contributed by atoms with Gasteiger partial charge in [-0.15, -0.1) is 0 Å². The van der Waals surface area contributed by atoms with Gasteiger partial charge in [-0.25, -0.2) is 0 Å². The Morgan fingerprint density at radius 2 is 1.71 bits per heavy atom. The molecule has 7 nitrogen and oxygen atoms in total. The molecular formula is C10H16N2O5. The molecule has 4 atom stereocenters. The number of ether oxygens (including phenoxy) is 1. The van der Waals surface area contributed by atoms with Crippen LogP contribution in [-0.2, 0) is 19.1 Å². The summed E-state index contributed by atoms with van der Waals surface area (Å²) >= 11 is 0. The number of amides is 2. The summed E-state index contributed by atoms with van der Waals surface area (Å²) in [6, 6.07) is -0.0658. The highest BCUT2D eigenvalue weighted by atomic mass is 16.6.